The first-order chi connectivity index (χ1) is 9.63. The molecule has 1 aromatic heterocycles. The Morgan fingerprint density at radius 1 is 1.55 bits per heavy atom. The third-order valence-electron chi connectivity index (χ3n) is 2.20. The van der Waals surface area contributed by atoms with Gasteiger partial charge in [0.1, 0.15) is 10.7 Å². The van der Waals surface area contributed by atoms with Gasteiger partial charge in [-0.3, -0.25) is 10.1 Å². The molecular formula is C12H16N4O4. The van der Waals surface area contributed by atoms with Crippen molar-refractivity contribution in [2.24, 2.45) is 5.10 Å². The van der Waals surface area contributed by atoms with E-state index in [1.54, 1.807) is 0 Å². The van der Waals surface area contributed by atoms with Gasteiger partial charge in [-0.05, 0) is 24.6 Å². The number of nitro groups is 1. The lowest BCUT2D eigenvalue weighted by Crippen LogP contribution is -2.32. The molecule has 0 unspecified atom stereocenters. The zero-order valence-electron chi connectivity index (χ0n) is 11.0. The van der Waals surface area contributed by atoms with Gasteiger partial charge in [-0.1, -0.05) is 13.3 Å². The van der Waals surface area contributed by atoms with Crippen LogP contribution in [0.25, 0.3) is 6.08 Å². The van der Waals surface area contributed by atoms with Crippen LogP contribution >= 0.6 is 0 Å². The Labute approximate surface area is 115 Å². The van der Waals surface area contributed by atoms with Crippen LogP contribution < -0.4 is 10.7 Å². The number of hydrogen-bond acceptors (Lipinski definition) is 5. The molecule has 0 atom stereocenters. The van der Waals surface area contributed by atoms with Crippen molar-refractivity contribution >= 4 is 24.2 Å². The molecule has 8 heteroatoms. The van der Waals surface area contributed by atoms with Crippen molar-refractivity contribution in [1.82, 2.24) is 10.7 Å². The van der Waals surface area contributed by atoms with E-state index in [9.17, 15) is 14.9 Å². The van der Waals surface area contributed by atoms with E-state index >= 15 is 0 Å². The summed E-state index contributed by atoms with van der Waals surface area (Å²) in [6.45, 7) is 2.63. The number of nitrogens with zero attached hydrogens (tertiary/aromatic N) is 2. The summed E-state index contributed by atoms with van der Waals surface area (Å²) in [5.41, 5.74) is 2.28. The van der Waals surface area contributed by atoms with Crippen molar-refractivity contribution in [3.63, 3.8) is 0 Å². The molecular weight excluding hydrogens is 264 g/mol. The molecule has 108 valence electrons. The zero-order chi connectivity index (χ0) is 14.8. The first kappa shape index (κ1) is 15.4. The fourth-order valence-electron chi connectivity index (χ4n) is 1.22. The summed E-state index contributed by atoms with van der Waals surface area (Å²) in [5.74, 6) is 0.00515. The molecule has 1 rings (SSSR count). The quantitative estimate of drug-likeness (QED) is 0.345. The molecule has 0 aliphatic carbocycles. The highest BCUT2D eigenvalue weighted by molar-refractivity contribution is 5.80. The van der Waals surface area contributed by atoms with Gasteiger partial charge in [0.25, 0.3) is 0 Å². The highest BCUT2D eigenvalue weighted by atomic mass is 16.6. The standard InChI is InChI=1S/C12H16N4O4/c1-2-3-8-13-12(17)15-14-9-4-5-10-6-7-11(20-10)16(18)19/h4-7,9H,2-3,8H2,1H3,(H2,13,15,17)/b5-4+,14-9+. The maximum Gasteiger partial charge on any atom is 0.433 e. The third kappa shape index (κ3) is 5.80. The van der Waals surface area contributed by atoms with Crippen molar-refractivity contribution in [3.05, 3.63) is 34.1 Å². The topological polar surface area (TPSA) is 110 Å². The van der Waals surface area contributed by atoms with Crippen LogP contribution in [0.4, 0.5) is 10.7 Å². The number of hydrazone groups is 1. The second-order valence-electron chi connectivity index (χ2n) is 3.79. The van der Waals surface area contributed by atoms with Gasteiger partial charge in [-0.25, -0.2) is 10.2 Å². The molecule has 0 radical (unpaired) electrons. The maximum atomic E-state index is 11.2. The molecule has 0 spiro atoms. The SMILES string of the molecule is CCCCNC(=O)N/N=C/C=C/c1ccc([N+](=O)[O-])o1. The maximum absolute atomic E-state index is 11.2. The van der Waals surface area contributed by atoms with Gasteiger partial charge in [0, 0.05) is 12.8 Å². The van der Waals surface area contributed by atoms with Crippen LogP contribution in [0.3, 0.4) is 0 Å². The van der Waals surface area contributed by atoms with Crippen molar-refractivity contribution in [1.29, 1.82) is 0 Å². The van der Waals surface area contributed by atoms with Crippen LogP contribution in [0.15, 0.2) is 27.7 Å². The van der Waals surface area contributed by atoms with Crippen molar-refractivity contribution in [2.45, 2.75) is 19.8 Å². The van der Waals surface area contributed by atoms with Crippen LogP contribution in [0.2, 0.25) is 0 Å². The number of furan rings is 1. The normalized spacial score (nSPS) is 11.1. The minimum Gasteiger partial charge on any atom is -0.401 e. The van der Waals surface area contributed by atoms with Gasteiger partial charge >= 0.3 is 11.9 Å². The lowest BCUT2D eigenvalue weighted by molar-refractivity contribution is -0.402. The molecule has 0 saturated carbocycles. The number of unbranched alkanes of at least 4 members (excludes halogenated alkanes) is 1. The van der Waals surface area contributed by atoms with Crippen LogP contribution in [0, 0.1) is 10.1 Å². The van der Waals surface area contributed by atoms with Gasteiger partial charge in [0.2, 0.25) is 0 Å². The number of rotatable bonds is 7. The second kappa shape index (κ2) is 8.46. The third-order valence-corrected chi connectivity index (χ3v) is 2.20. The summed E-state index contributed by atoms with van der Waals surface area (Å²) in [5, 5.41) is 16.7. The van der Waals surface area contributed by atoms with E-state index in [1.807, 2.05) is 6.92 Å². The predicted octanol–water partition coefficient (Wildman–Crippen LogP) is 2.29. The van der Waals surface area contributed by atoms with Gasteiger partial charge in [0.05, 0.1) is 6.07 Å². The van der Waals surface area contributed by atoms with E-state index in [0.717, 1.165) is 12.8 Å². The highest BCUT2D eigenvalue weighted by Gasteiger charge is 2.09. The minimum absolute atomic E-state index is 0.324. The number of urea groups is 1. The summed E-state index contributed by atoms with van der Waals surface area (Å²) >= 11 is 0. The molecule has 2 amide bonds. The fraction of sp³-hybridized carbons (Fsp3) is 0.333. The van der Waals surface area contributed by atoms with E-state index in [-0.39, 0.29) is 11.9 Å². The molecule has 1 heterocycles. The molecule has 0 saturated heterocycles. The van der Waals surface area contributed by atoms with Crippen molar-refractivity contribution in [3.8, 4) is 0 Å². The van der Waals surface area contributed by atoms with Crippen molar-refractivity contribution in [2.75, 3.05) is 6.54 Å². The molecule has 0 aromatic carbocycles. The Bertz CT molecular complexity index is 507. The first-order valence-corrected chi connectivity index (χ1v) is 6.11. The molecule has 20 heavy (non-hydrogen) atoms. The Morgan fingerprint density at radius 2 is 2.35 bits per heavy atom. The number of nitrogens with one attached hydrogen (secondary N) is 2. The monoisotopic (exact) mass is 280 g/mol. The smallest absolute Gasteiger partial charge is 0.401 e. The van der Waals surface area contributed by atoms with E-state index in [4.69, 9.17) is 4.42 Å². The lowest BCUT2D eigenvalue weighted by atomic mass is 10.3. The van der Waals surface area contributed by atoms with Gasteiger partial charge in [-0.2, -0.15) is 5.10 Å². The number of amides is 2. The highest BCUT2D eigenvalue weighted by Crippen LogP contribution is 2.16. The number of hydrogen-bond donors (Lipinski definition) is 2. The second-order valence-corrected chi connectivity index (χ2v) is 3.79. The zero-order valence-corrected chi connectivity index (χ0v) is 11.0. The van der Waals surface area contributed by atoms with Crippen molar-refractivity contribution < 1.29 is 14.1 Å². The largest absolute Gasteiger partial charge is 0.433 e. The van der Waals surface area contributed by atoms with E-state index in [0.29, 0.717) is 12.3 Å². The lowest BCUT2D eigenvalue weighted by Gasteiger charge is -2.01. The summed E-state index contributed by atoms with van der Waals surface area (Å²) < 4.78 is 4.89. The predicted molar refractivity (Wildman–Crippen MR) is 74.3 cm³/mol. The Hall–Kier alpha value is -2.64. The van der Waals surface area contributed by atoms with Gasteiger partial charge < -0.3 is 9.73 Å². The van der Waals surface area contributed by atoms with E-state index in [2.05, 4.69) is 15.8 Å². The van der Waals surface area contributed by atoms with Crippen LogP contribution in [-0.2, 0) is 0 Å². The molecule has 0 bridgehead atoms. The van der Waals surface area contributed by atoms with Crippen LogP contribution in [0.5, 0.6) is 0 Å². The van der Waals surface area contributed by atoms with E-state index in [1.165, 1.54) is 30.5 Å². The summed E-state index contributed by atoms with van der Waals surface area (Å²) in [6.07, 6.45) is 6.24. The Morgan fingerprint density at radius 3 is 3.00 bits per heavy atom. The number of allylic oxidation sites excluding steroid dienone is 1. The van der Waals surface area contributed by atoms with Crippen LogP contribution in [0.1, 0.15) is 25.5 Å². The Balaban J connectivity index is 2.30. The molecule has 0 aliphatic heterocycles. The van der Waals surface area contributed by atoms with Crippen LogP contribution in [-0.4, -0.2) is 23.7 Å². The molecule has 0 aliphatic rings. The van der Waals surface area contributed by atoms with E-state index < -0.39 is 4.92 Å². The molecule has 1 aromatic rings. The average Bonchev–Trinajstić information content (AvgIpc) is 2.87. The first-order valence-electron chi connectivity index (χ1n) is 6.11. The van der Waals surface area contributed by atoms with Gasteiger partial charge in [-0.15, -0.1) is 0 Å². The number of carbonyl (C=O) groups excluding carboxylic acids is 1. The fourth-order valence-corrected chi connectivity index (χ4v) is 1.22. The molecule has 0 fully saturated rings. The number of carbonyl (C=O) groups is 1. The molecule has 8 nitrogen and oxygen atoms in total. The summed E-state index contributed by atoms with van der Waals surface area (Å²) in [6, 6.07) is 2.35. The minimum atomic E-state index is -0.617. The van der Waals surface area contributed by atoms with Gasteiger partial charge in [0.15, 0.2) is 0 Å². The Kier molecular flexibility index (Phi) is 6.52. The average molecular weight is 280 g/mol. The molecule has 2 N–H and O–H groups in total. The summed E-state index contributed by atoms with van der Waals surface area (Å²) in [7, 11) is 0. The summed E-state index contributed by atoms with van der Waals surface area (Å²) in [4.78, 5) is 20.9.